The first-order chi connectivity index (χ1) is 12.7. The van der Waals surface area contributed by atoms with E-state index in [1.165, 1.54) is 25.0 Å². The Morgan fingerprint density at radius 2 is 2.26 bits per heavy atom. The number of guanidine groups is 1. The van der Waals surface area contributed by atoms with Crippen molar-refractivity contribution in [2.45, 2.75) is 44.0 Å². The molecule has 1 aliphatic rings. The van der Waals surface area contributed by atoms with Crippen molar-refractivity contribution in [1.29, 1.82) is 0 Å². The van der Waals surface area contributed by atoms with Crippen molar-refractivity contribution in [3.63, 3.8) is 0 Å². The molecule has 2 aromatic rings. The summed E-state index contributed by atoms with van der Waals surface area (Å²) >= 11 is 8.06. The summed E-state index contributed by atoms with van der Waals surface area (Å²) in [5, 5.41) is 12.2. The van der Waals surface area contributed by atoms with E-state index < -0.39 is 0 Å². The number of halogens is 2. The summed E-state index contributed by atoms with van der Waals surface area (Å²) in [5.74, 6) is 2.98. The fourth-order valence-electron chi connectivity index (χ4n) is 3.08. The van der Waals surface area contributed by atoms with E-state index in [4.69, 9.17) is 16.1 Å². The molecule has 2 unspecified atom stereocenters. The van der Waals surface area contributed by atoms with Gasteiger partial charge in [-0.2, -0.15) is 16.7 Å². The minimum Gasteiger partial charge on any atom is -0.354 e. The lowest BCUT2D eigenvalue weighted by atomic mass is 10.2. The predicted molar refractivity (Wildman–Crippen MR) is 123 cm³/mol. The number of hydrogen-bond acceptors (Lipinski definition) is 5. The van der Waals surface area contributed by atoms with Crippen LogP contribution in [0.25, 0.3) is 11.4 Å². The first-order valence-electron chi connectivity index (χ1n) is 8.85. The van der Waals surface area contributed by atoms with Gasteiger partial charge in [0.1, 0.15) is 0 Å². The van der Waals surface area contributed by atoms with E-state index in [1.54, 1.807) is 7.05 Å². The number of aliphatic imine (C=N–C) groups is 1. The zero-order chi connectivity index (χ0) is 18.4. The van der Waals surface area contributed by atoms with Gasteiger partial charge in [0, 0.05) is 28.9 Å². The topological polar surface area (TPSA) is 75.3 Å². The van der Waals surface area contributed by atoms with Crippen LogP contribution in [0.5, 0.6) is 0 Å². The van der Waals surface area contributed by atoms with E-state index in [0.717, 1.165) is 16.8 Å². The quantitative estimate of drug-likeness (QED) is 0.334. The second kappa shape index (κ2) is 11.1. The van der Waals surface area contributed by atoms with Crippen LogP contribution in [0.1, 0.15) is 32.1 Å². The molecule has 2 N–H and O–H groups in total. The number of rotatable bonds is 6. The number of thioether (sulfide) groups is 1. The minimum absolute atomic E-state index is 0. The molecule has 0 radical (unpaired) electrons. The molecule has 1 aromatic carbocycles. The molecule has 6 nitrogen and oxygen atoms in total. The van der Waals surface area contributed by atoms with E-state index in [9.17, 15) is 0 Å². The SMILES string of the molecule is CCSC1CCC(NC(=NC)NCc2nc(-c3cccc(Cl)c3)no2)C1.I. The van der Waals surface area contributed by atoms with Gasteiger partial charge >= 0.3 is 0 Å². The third kappa shape index (κ3) is 6.53. The highest BCUT2D eigenvalue weighted by Crippen LogP contribution is 2.29. The molecule has 0 amide bonds. The van der Waals surface area contributed by atoms with Crippen LogP contribution in [0.4, 0.5) is 0 Å². The van der Waals surface area contributed by atoms with E-state index >= 15 is 0 Å². The Bertz CT molecular complexity index is 757. The highest BCUT2D eigenvalue weighted by Gasteiger charge is 2.25. The van der Waals surface area contributed by atoms with Crippen LogP contribution in [0.15, 0.2) is 33.8 Å². The van der Waals surface area contributed by atoms with Crippen molar-refractivity contribution in [1.82, 2.24) is 20.8 Å². The number of nitrogens with zero attached hydrogens (tertiary/aromatic N) is 3. The maximum Gasteiger partial charge on any atom is 0.246 e. The molecule has 1 saturated carbocycles. The van der Waals surface area contributed by atoms with Crippen LogP contribution in [-0.4, -0.2) is 40.2 Å². The molecule has 27 heavy (non-hydrogen) atoms. The molecule has 1 aliphatic carbocycles. The third-order valence-corrected chi connectivity index (χ3v) is 5.78. The fourth-order valence-corrected chi connectivity index (χ4v) is 4.41. The van der Waals surface area contributed by atoms with Crippen LogP contribution in [0.3, 0.4) is 0 Å². The van der Waals surface area contributed by atoms with Crippen molar-refractivity contribution in [2.24, 2.45) is 4.99 Å². The van der Waals surface area contributed by atoms with Gasteiger partial charge in [-0.3, -0.25) is 4.99 Å². The Kier molecular flexibility index (Phi) is 9.17. The Hall–Kier alpha value is -1.000. The van der Waals surface area contributed by atoms with E-state index in [2.05, 4.69) is 32.7 Å². The lowest BCUT2D eigenvalue weighted by Crippen LogP contribution is -2.42. The second-order valence-corrected chi connectivity index (χ2v) is 8.19. The van der Waals surface area contributed by atoms with E-state index in [-0.39, 0.29) is 24.0 Å². The van der Waals surface area contributed by atoms with Crippen molar-refractivity contribution in [3.05, 3.63) is 35.2 Å². The molecule has 0 spiro atoms. The normalized spacial score (nSPS) is 19.6. The average Bonchev–Trinajstić information content (AvgIpc) is 3.28. The van der Waals surface area contributed by atoms with E-state index in [0.29, 0.717) is 29.3 Å². The van der Waals surface area contributed by atoms with Crippen LogP contribution in [-0.2, 0) is 6.54 Å². The zero-order valence-corrected chi connectivity index (χ0v) is 19.3. The van der Waals surface area contributed by atoms with Crippen molar-refractivity contribution in [3.8, 4) is 11.4 Å². The molecule has 0 saturated heterocycles. The summed E-state index contributed by atoms with van der Waals surface area (Å²) in [5.41, 5.74) is 0.834. The first kappa shape index (κ1) is 22.3. The average molecular weight is 522 g/mol. The Morgan fingerprint density at radius 1 is 1.41 bits per heavy atom. The standard InChI is InChI=1S/C18H24ClN5OS.HI/c1-3-26-15-8-7-14(10-15)22-18(20-2)21-11-16-23-17(24-25-16)12-5-4-6-13(19)9-12;/h4-6,9,14-15H,3,7-8,10-11H2,1-2H3,(H2,20,21,22);1H. The van der Waals surface area contributed by atoms with Gasteiger partial charge in [-0.05, 0) is 37.1 Å². The summed E-state index contributed by atoms with van der Waals surface area (Å²) in [6.45, 7) is 2.64. The van der Waals surface area contributed by atoms with Gasteiger partial charge in [-0.25, -0.2) is 0 Å². The largest absolute Gasteiger partial charge is 0.354 e. The van der Waals surface area contributed by atoms with E-state index in [1.807, 2.05) is 36.0 Å². The van der Waals surface area contributed by atoms with Gasteiger partial charge in [-0.15, -0.1) is 24.0 Å². The zero-order valence-electron chi connectivity index (χ0n) is 15.4. The Labute approximate surface area is 186 Å². The smallest absolute Gasteiger partial charge is 0.246 e. The molecule has 1 aromatic heterocycles. The summed E-state index contributed by atoms with van der Waals surface area (Å²) in [6, 6.07) is 7.86. The van der Waals surface area contributed by atoms with Crippen molar-refractivity contribution < 1.29 is 4.52 Å². The molecule has 0 aliphatic heterocycles. The lowest BCUT2D eigenvalue weighted by molar-refractivity contribution is 0.375. The molecule has 3 rings (SSSR count). The maximum atomic E-state index is 6.01. The second-order valence-electron chi connectivity index (χ2n) is 6.18. The molecule has 1 fully saturated rings. The third-order valence-electron chi connectivity index (χ3n) is 4.31. The summed E-state index contributed by atoms with van der Waals surface area (Å²) in [7, 11) is 1.77. The number of aromatic nitrogens is 2. The number of nitrogens with one attached hydrogen (secondary N) is 2. The fraction of sp³-hybridized carbons (Fsp3) is 0.500. The molecule has 148 valence electrons. The van der Waals surface area contributed by atoms with Gasteiger partial charge in [0.25, 0.3) is 0 Å². The van der Waals surface area contributed by atoms with Crippen molar-refractivity contribution >= 4 is 53.3 Å². The number of hydrogen-bond donors (Lipinski definition) is 2. The molecular weight excluding hydrogens is 497 g/mol. The highest BCUT2D eigenvalue weighted by atomic mass is 127. The van der Waals surface area contributed by atoms with Gasteiger partial charge in [0.2, 0.25) is 11.7 Å². The van der Waals surface area contributed by atoms with Crippen LogP contribution >= 0.6 is 47.3 Å². The Morgan fingerprint density at radius 3 is 3.00 bits per heavy atom. The van der Waals surface area contributed by atoms with Gasteiger partial charge in [0.15, 0.2) is 5.96 Å². The summed E-state index contributed by atoms with van der Waals surface area (Å²) in [4.78, 5) is 8.71. The monoisotopic (exact) mass is 521 g/mol. The minimum atomic E-state index is 0. The number of benzene rings is 1. The Balaban J connectivity index is 0.00000261. The van der Waals surface area contributed by atoms with Crippen molar-refractivity contribution in [2.75, 3.05) is 12.8 Å². The molecule has 2 atom stereocenters. The highest BCUT2D eigenvalue weighted by molar-refractivity contribution is 14.0. The summed E-state index contributed by atoms with van der Waals surface area (Å²) in [6.07, 6.45) is 3.62. The van der Waals surface area contributed by atoms with Crippen LogP contribution < -0.4 is 10.6 Å². The lowest BCUT2D eigenvalue weighted by Gasteiger charge is -2.16. The molecule has 1 heterocycles. The first-order valence-corrected chi connectivity index (χ1v) is 10.3. The molecule has 0 bridgehead atoms. The predicted octanol–water partition coefficient (Wildman–Crippen LogP) is 4.35. The van der Waals surface area contributed by atoms with Crippen LogP contribution in [0.2, 0.25) is 5.02 Å². The van der Waals surface area contributed by atoms with Gasteiger partial charge in [-0.1, -0.05) is 35.8 Å². The summed E-state index contributed by atoms with van der Waals surface area (Å²) < 4.78 is 5.32. The molecular formula is C18H25ClIN5OS. The maximum absolute atomic E-state index is 6.01. The van der Waals surface area contributed by atoms with Gasteiger partial charge in [0.05, 0.1) is 6.54 Å². The van der Waals surface area contributed by atoms with Crippen LogP contribution in [0, 0.1) is 0 Å². The van der Waals surface area contributed by atoms with Gasteiger partial charge < -0.3 is 15.2 Å². The molecule has 9 heteroatoms.